The summed E-state index contributed by atoms with van der Waals surface area (Å²) in [5.74, 6) is 0. The summed E-state index contributed by atoms with van der Waals surface area (Å²) in [5.41, 5.74) is 0.234. The molecule has 0 saturated heterocycles. The van der Waals surface area contributed by atoms with Gasteiger partial charge in [-0.15, -0.1) is 0 Å². The molecule has 0 aliphatic carbocycles. The lowest BCUT2D eigenvalue weighted by atomic mass is 10.2. The maximum Gasteiger partial charge on any atom is 0.274 e. The number of ether oxygens (including phenoxy) is 1. The third kappa shape index (κ3) is 3.80. The summed E-state index contributed by atoms with van der Waals surface area (Å²) in [6.45, 7) is 3.14. The van der Waals surface area contributed by atoms with Gasteiger partial charge in [-0.25, -0.2) is 13.4 Å². The number of sulfonamides is 1. The van der Waals surface area contributed by atoms with E-state index in [1.165, 1.54) is 12.4 Å². The number of nitrogens with zero attached hydrogens (tertiary/aromatic N) is 2. The number of anilines is 1. The molecule has 26 heavy (non-hydrogen) atoms. The van der Waals surface area contributed by atoms with Gasteiger partial charge in [-0.1, -0.05) is 23.5 Å². The quantitative estimate of drug-likeness (QED) is 0.591. The number of para-hydroxylation sites is 1. The van der Waals surface area contributed by atoms with Gasteiger partial charge in [-0.05, 0) is 19.9 Å². The highest BCUT2D eigenvalue weighted by Crippen LogP contribution is 2.30. The van der Waals surface area contributed by atoms with Crippen LogP contribution in [0.15, 0.2) is 34.8 Å². The van der Waals surface area contributed by atoms with Crippen molar-refractivity contribution in [3.05, 3.63) is 36.2 Å². The number of aromatic amines is 1. The molecule has 0 amide bonds. The Labute approximate surface area is 154 Å². The first-order chi connectivity index (χ1) is 12.2. The molecule has 0 fully saturated rings. The van der Waals surface area contributed by atoms with E-state index in [0.29, 0.717) is 22.2 Å². The lowest BCUT2D eigenvalue weighted by Crippen LogP contribution is -2.27. The Morgan fingerprint density at radius 2 is 2.23 bits per heavy atom. The minimum atomic E-state index is -3.87. The molecule has 0 spiro atoms. The summed E-state index contributed by atoms with van der Waals surface area (Å²) in [6.07, 6.45) is 2.72. The normalized spacial score (nSPS) is 12.1. The third-order valence-electron chi connectivity index (χ3n) is 3.36. The number of nitriles is 1. The lowest BCUT2D eigenvalue weighted by molar-refractivity contribution is 0.0284. The molecule has 8 nitrogen and oxygen atoms in total. The fourth-order valence-electron chi connectivity index (χ4n) is 2.20. The molecule has 1 aromatic carbocycles. The number of fused-ring (bicyclic) bond motifs is 1. The van der Waals surface area contributed by atoms with Crippen LogP contribution < -0.4 is 9.46 Å². The molecule has 0 aliphatic rings. The number of benzene rings is 1. The van der Waals surface area contributed by atoms with Gasteiger partial charge in [0, 0.05) is 11.6 Å². The van der Waals surface area contributed by atoms with Crippen molar-refractivity contribution in [3.63, 3.8) is 0 Å². The van der Waals surface area contributed by atoms with E-state index >= 15 is 0 Å². The highest BCUT2D eigenvalue weighted by Gasteiger charge is 2.21. The van der Waals surface area contributed by atoms with Crippen molar-refractivity contribution in [2.45, 2.75) is 23.7 Å². The van der Waals surface area contributed by atoms with E-state index in [0.717, 1.165) is 11.3 Å². The molecule has 136 valence electrons. The number of H-pyrrole nitrogens is 1. The SMILES string of the molecule is CC(C)(O)COc1ncc(S(=O)(=O)Nc2cccc3c(C#N)c[nH]c23)s1. The summed E-state index contributed by atoms with van der Waals surface area (Å²) < 4.78 is 33.0. The number of aliphatic hydroxyl groups is 1. The first-order valence-corrected chi connectivity index (χ1v) is 9.83. The molecule has 0 radical (unpaired) electrons. The van der Waals surface area contributed by atoms with Gasteiger partial charge >= 0.3 is 0 Å². The molecule has 3 rings (SSSR count). The van der Waals surface area contributed by atoms with E-state index in [4.69, 9.17) is 10.00 Å². The van der Waals surface area contributed by atoms with Crippen LogP contribution in [0.1, 0.15) is 19.4 Å². The molecular formula is C16H16N4O4S2. The second kappa shape index (κ2) is 6.60. The van der Waals surface area contributed by atoms with E-state index in [1.54, 1.807) is 32.0 Å². The standard InChI is InChI=1S/C16H16N4O4S2/c1-16(2,21)9-24-15-19-8-13(25-15)26(22,23)20-12-5-3-4-11-10(6-17)7-18-14(11)12/h3-5,7-8,18,20-21H,9H2,1-2H3. The minimum Gasteiger partial charge on any atom is -0.467 e. The predicted octanol–water partition coefficient (Wildman–Crippen LogP) is 2.45. The molecule has 0 saturated carbocycles. The molecule has 0 unspecified atom stereocenters. The van der Waals surface area contributed by atoms with Gasteiger partial charge in [0.25, 0.3) is 15.2 Å². The maximum atomic E-state index is 12.6. The summed E-state index contributed by atoms with van der Waals surface area (Å²) in [6, 6.07) is 7.05. The summed E-state index contributed by atoms with van der Waals surface area (Å²) in [5, 5.41) is 19.5. The van der Waals surface area contributed by atoms with Crippen LogP contribution in [0.3, 0.4) is 0 Å². The van der Waals surface area contributed by atoms with Crippen LogP contribution in [-0.4, -0.2) is 35.7 Å². The number of aromatic nitrogens is 2. The lowest BCUT2D eigenvalue weighted by Gasteiger charge is -2.15. The van der Waals surface area contributed by atoms with Gasteiger partial charge in [-0.3, -0.25) is 4.72 Å². The number of thiazole rings is 1. The molecule has 3 aromatic rings. The largest absolute Gasteiger partial charge is 0.467 e. The summed E-state index contributed by atoms with van der Waals surface area (Å²) >= 11 is 0.857. The Kier molecular flexibility index (Phi) is 4.62. The molecule has 2 aromatic heterocycles. The Morgan fingerprint density at radius 1 is 1.46 bits per heavy atom. The third-order valence-corrected chi connectivity index (χ3v) is 6.09. The van der Waals surface area contributed by atoms with Gasteiger partial charge in [0.05, 0.1) is 28.6 Å². The second-order valence-corrected chi connectivity index (χ2v) is 9.10. The van der Waals surface area contributed by atoms with Crippen molar-refractivity contribution >= 4 is 38.0 Å². The fraction of sp³-hybridized carbons (Fsp3) is 0.250. The topological polar surface area (TPSA) is 128 Å². The second-order valence-electron chi connectivity index (χ2n) is 6.19. The van der Waals surface area contributed by atoms with Gasteiger partial charge in [0.2, 0.25) is 0 Å². The maximum absolute atomic E-state index is 12.6. The molecule has 0 atom stereocenters. The Balaban J connectivity index is 1.85. The average Bonchev–Trinajstić information content (AvgIpc) is 3.19. The monoisotopic (exact) mass is 392 g/mol. The predicted molar refractivity (Wildman–Crippen MR) is 97.7 cm³/mol. The van der Waals surface area contributed by atoms with Gasteiger partial charge in [-0.2, -0.15) is 5.26 Å². The van der Waals surface area contributed by atoms with Crippen molar-refractivity contribution in [1.82, 2.24) is 9.97 Å². The van der Waals surface area contributed by atoms with Crippen LogP contribution in [-0.2, 0) is 10.0 Å². The first-order valence-electron chi connectivity index (χ1n) is 7.54. The first kappa shape index (κ1) is 18.2. The fourth-order valence-corrected chi connectivity index (χ4v) is 4.23. The van der Waals surface area contributed by atoms with Crippen LogP contribution in [0, 0.1) is 11.3 Å². The van der Waals surface area contributed by atoms with Crippen molar-refractivity contribution < 1.29 is 18.3 Å². The summed E-state index contributed by atoms with van der Waals surface area (Å²) in [4.78, 5) is 6.83. The van der Waals surface area contributed by atoms with Crippen molar-refractivity contribution in [3.8, 4) is 11.3 Å². The van der Waals surface area contributed by atoms with E-state index < -0.39 is 15.6 Å². The minimum absolute atomic E-state index is 0.00779. The molecule has 10 heteroatoms. The summed E-state index contributed by atoms with van der Waals surface area (Å²) in [7, 11) is -3.87. The molecule has 2 heterocycles. The van der Waals surface area contributed by atoms with Crippen molar-refractivity contribution in [2.75, 3.05) is 11.3 Å². The molecular weight excluding hydrogens is 376 g/mol. The van der Waals surface area contributed by atoms with E-state index in [2.05, 4.69) is 14.7 Å². The zero-order valence-corrected chi connectivity index (χ0v) is 15.6. The van der Waals surface area contributed by atoms with Crippen molar-refractivity contribution in [1.29, 1.82) is 5.26 Å². The smallest absolute Gasteiger partial charge is 0.274 e. The highest BCUT2D eigenvalue weighted by molar-refractivity contribution is 7.94. The average molecular weight is 392 g/mol. The molecule has 0 aliphatic heterocycles. The zero-order chi connectivity index (χ0) is 18.9. The van der Waals surface area contributed by atoms with E-state index in [1.807, 2.05) is 6.07 Å². The zero-order valence-electron chi connectivity index (χ0n) is 14.0. The van der Waals surface area contributed by atoms with Crippen LogP contribution in [0.5, 0.6) is 5.19 Å². The van der Waals surface area contributed by atoms with Crippen LogP contribution in [0.4, 0.5) is 5.69 Å². The van der Waals surface area contributed by atoms with Crippen LogP contribution in [0.25, 0.3) is 10.9 Å². The van der Waals surface area contributed by atoms with Gasteiger partial charge < -0.3 is 14.8 Å². The van der Waals surface area contributed by atoms with Gasteiger partial charge in [0.15, 0.2) is 4.21 Å². The Hall–Kier alpha value is -2.61. The van der Waals surface area contributed by atoms with E-state index in [-0.39, 0.29) is 16.0 Å². The highest BCUT2D eigenvalue weighted by atomic mass is 32.2. The molecule has 0 bridgehead atoms. The van der Waals surface area contributed by atoms with Crippen LogP contribution in [0.2, 0.25) is 0 Å². The number of nitrogens with one attached hydrogen (secondary N) is 2. The number of hydrogen-bond donors (Lipinski definition) is 3. The Bertz CT molecular complexity index is 1090. The van der Waals surface area contributed by atoms with Crippen LogP contribution >= 0.6 is 11.3 Å². The van der Waals surface area contributed by atoms with E-state index in [9.17, 15) is 13.5 Å². The Morgan fingerprint density at radius 3 is 2.92 bits per heavy atom. The van der Waals surface area contributed by atoms with Gasteiger partial charge in [0.1, 0.15) is 12.7 Å². The molecule has 3 N–H and O–H groups in total. The number of rotatable bonds is 6. The number of hydrogen-bond acceptors (Lipinski definition) is 7. The van der Waals surface area contributed by atoms with Crippen molar-refractivity contribution in [2.24, 2.45) is 0 Å².